The van der Waals surface area contributed by atoms with E-state index in [4.69, 9.17) is 23.2 Å². The van der Waals surface area contributed by atoms with Gasteiger partial charge in [-0.1, -0.05) is 29.3 Å². The van der Waals surface area contributed by atoms with Crippen LogP contribution >= 0.6 is 23.2 Å². The smallest absolute Gasteiger partial charge is 0.0468 e. The maximum atomic E-state index is 6.30. The molecule has 2 nitrogen and oxygen atoms in total. The van der Waals surface area contributed by atoms with Crippen LogP contribution in [0.5, 0.6) is 0 Å². The van der Waals surface area contributed by atoms with E-state index < -0.39 is 0 Å². The lowest BCUT2D eigenvalue weighted by Gasteiger charge is -2.41. The zero-order valence-electron chi connectivity index (χ0n) is 11.1. The van der Waals surface area contributed by atoms with Gasteiger partial charge in [-0.3, -0.25) is 4.90 Å². The van der Waals surface area contributed by atoms with Crippen LogP contribution in [0, 0.1) is 0 Å². The van der Waals surface area contributed by atoms with Crippen LogP contribution in [0.4, 0.5) is 0 Å². The first-order chi connectivity index (χ1) is 8.49. The number of hydrogen-bond donors (Lipinski definition) is 1. The molecule has 1 aromatic rings. The van der Waals surface area contributed by atoms with Crippen LogP contribution in [0.25, 0.3) is 0 Å². The minimum atomic E-state index is 0.314. The first kappa shape index (κ1) is 14.1. The largest absolute Gasteiger partial charge is 0.311 e. The lowest BCUT2D eigenvalue weighted by atomic mass is 10.0. The fraction of sp³-hybridized carbons (Fsp3) is 0.571. The topological polar surface area (TPSA) is 15.3 Å². The molecule has 1 saturated heterocycles. The zero-order valence-corrected chi connectivity index (χ0v) is 12.6. The minimum Gasteiger partial charge on any atom is -0.311 e. The number of benzene rings is 1. The number of nitrogens with one attached hydrogen (secondary N) is 1. The van der Waals surface area contributed by atoms with E-state index in [-0.39, 0.29) is 0 Å². The monoisotopic (exact) mass is 286 g/mol. The summed E-state index contributed by atoms with van der Waals surface area (Å²) in [5, 5.41) is 4.95. The summed E-state index contributed by atoms with van der Waals surface area (Å²) in [6, 6.07) is 7.13. The molecule has 0 amide bonds. The van der Waals surface area contributed by atoms with Gasteiger partial charge in [0.2, 0.25) is 0 Å². The minimum absolute atomic E-state index is 0.314. The van der Waals surface area contributed by atoms with Gasteiger partial charge in [-0.15, -0.1) is 0 Å². The summed E-state index contributed by atoms with van der Waals surface area (Å²) in [5.74, 6) is 0. The zero-order chi connectivity index (χ0) is 13.3. The van der Waals surface area contributed by atoms with Gasteiger partial charge in [-0.25, -0.2) is 0 Å². The first-order valence-electron chi connectivity index (χ1n) is 6.43. The highest BCUT2D eigenvalue weighted by Crippen LogP contribution is 2.31. The molecule has 1 aromatic carbocycles. The predicted octanol–water partition coefficient (Wildman–Crippen LogP) is 3.74. The Morgan fingerprint density at radius 3 is 2.72 bits per heavy atom. The Kier molecular flexibility index (Phi) is 4.54. The van der Waals surface area contributed by atoms with Crippen molar-refractivity contribution in [2.75, 3.05) is 13.1 Å². The average Bonchev–Trinajstić information content (AvgIpc) is 2.31. The van der Waals surface area contributed by atoms with Crippen molar-refractivity contribution in [2.24, 2.45) is 0 Å². The molecule has 1 fully saturated rings. The molecular formula is C14H20Cl2N2. The molecule has 1 aliphatic heterocycles. The number of hydrogen-bond acceptors (Lipinski definition) is 2. The maximum absolute atomic E-state index is 6.30. The standard InChI is InChI=1S/C14H20Cl2N2/c1-9-8-18(10(2)7-17-9)11(3)13-5-4-12(15)6-14(13)16/h4-6,9-11,17H,7-8H2,1-3H3. The van der Waals surface area contributed by atoms with Crippen molar-refractivity contribution in [3.8, 4) is 0 Å². The highest BCUT2D eigenvalue weighted by molar-refractivity contribution is 6.35. The molecule has 0 radical (unpaired) electrons. The van der Waals surface area contributed by atoms with Gasteiger partial charge in [0.15, 0.2) is 0 Å². The van der Waals surface area contributed by atoms with Crippen LogP contribution in [-0.2, 0) is 0 Å². The van der Waals surface area contributed by atoms with Crippen molar-refractivity contribution in [2.45, 2.75) is 38.9 Å². The molecule has 1 heterocycles. The van der Waals surface area contributed by atoms with Crippen molar-refractivity contribution in [1.82, 2.24) is 10.2 Å². The number of halogens is 2. The van der Waals surface area contributed by atoms with Crippen LogP contribution in [0.2, 0.25) is 10.0 Å². The number of nitrogens with zero attached hydrogens (tertiary/aromatic N) is 1. The molecule has 1 N–H and O–H groups in total. The van der Waals surface area contributed by atoms with Gasteiger partial charge in [0.1, 0.15) is 0 Å². The summed E-state index contributed by atoms with van der Waals surface area (Å²) in [7, 11) is 0. The second kappa shape index (κ2) is 5.79. The third-order valence-electron chi connectivity index (χ3n) is 3.72. The lowest BCUT2D eigenvalue weighted by Crippen LogP contribution is -2.54. The molecule has 3 unspecified atom stereocenters. The van der Waals surface area contributed by atoms with E-state index in [2.05, 4.69) is 31.0 Å². The molecule has 0 spiro atoms. The van der Waals surface area contributed by atoms with E-state index in [1.165, 1.54) is 0 Å². The SMILES string of the molecule is CC1CN(C(C)c2ccc(Cl)cc2Cl)C(C)CN1. The third kappa shape index (κ3) is 3.00. The van der Waals surface area contributed by atoms with Crippen molar-refractivity contribution in [3.63, 3.8) is 0 Å². The summed E-state index contributed by atoms with van der Waals surface area (Å²) in [4.78, 5) is 2.50. The van der Waals surface area contributed by atoms with E-state index >= 15 is 0 Å². The van der Waals surface area contributed by atoms with Crippen LogP contribution in [0.1, 0.15) is 32.4 Å². The van der Waals surface area contributed by atoms with Gasteiger partial charge < -0.3 is 5.32 Å². The molecule has 100 valence electrons. The Morgan fingerprint density at radius 2 is 2.06 bits per heavy atom. The molecular weight excluding hydrogens is 267 g/mol. The fourth-order valence-electron chi connectivity index (χ4n) is 2.61. The van der Waals surface area contributed by atoms with Crippen LogP contribution in [-0.4, -0.2) is 30.1 Å². The lowest BCUT2D eigenvalue weighted by molar-refractivity contribution is 0.103. The van der Waals surface area contributed by atoms with Gasteiger partial charge in [-0.2, -0.15) is 0 Å². The summed E-state index contributed by atoms with van der Waals surface area (Å²) < 4.78 is 0. The average molecular weight is 287 g/mol. The normalized spacial score (nSPS) is 27.2. The van der Waals surface area contributed by atoms with E-state index in [1.54, 1.807) is 0 Å². The summed E-state index contributed by atoms with van der Waals surface area (Å²) in [6.07, 6.45) is 0. The van der Waals surface area contributed by atoms with E-state index in [0.717, 1.165) is 23.7 Å². The summed E-state index contributed by atoms with van der Waals surface area (Å²) in [5.41, 5.74) is 1.15. The van der Waals surface area contributed by atoms with Gasteiger partial charge in [-0.05, 0) is 38.5 Å². The second-order valence-corrected chi connectivity index (χ2v) is 6.04. The third-order valence-corrected chi connectivity index (χ3v) is 4.29. The quantitative estimate of drug-likeness (QED) is 0.891. The first-order valence-corrected chi connectivity index (χ1v) is 7.18. The summed E-state index contributed by atoms with van der Waals surface area (Å²) >= 11 is 12.3. The molecule has 1 aliphatic rings. The summed E-state index contributed by atoms with van der Waals surface area (Å²) in [6.45, 7) is 8.75. The fourth-order valence-corrected chi connectivity index (χ4v) is 3.17. The Morgan fingerprint density at radius 1 is 1.33 bits per heavy atom. The molecule has 0 aromatic heterocycles. The molecule has 3 atom stereocenters. The Bertz CT molecular complexity index is 422. The second-order valence-electron chi connectivity index (χ2n) is 5.20. The van der Waals surface area contributed by atoms with Gasteiger partial charge in [0, 0.05) is 41.3 Å². The molecule has 2 rings (SSSR count). The van der Waals surface area contributed by atoms with Gasteiger partial charge in [0.25, 0.3) is 0 Å². The van der Waals surface area contributed by atoms with E-state index in [9.17, 15) is 0 Å². The Balaban J connectivity index is 2.21. The maximum Gasteiger partial charge on any atom is 0.0468 e. The molecule has 0 aliphatic carbocycles. The van der Waals surface area contributed by atoms with Crippen LogP contribution < -0.4 is 5.32 Å². The Hall–Kier alpha value is -0.280. The number of rotatable bonds is 2. The predicted molar refractivity (Wildman–Crippen MR) is 78.5 cm³/mol. The molecule has 0 saturated carbocycles. The van der Waals surface area contributed by atoms with Crippen LogP contribution in [0.15, 0.2) is 18.2 Å². The highest BCUT2D eigenvalue weighted by Gasteiger charge is 2.28. The van der Waals surface area contributed by atoms with Crippen LogP contribution in [0.3, 0.4) is 0 Å². The van der Waals surface area contributed by atoms with Crippen molar-refractivity contribution in [1.29, 1.82) is 0 Å². The van der Waals surface area contributed by atoms with E-state index in [0.29, 0.717) is 23.1 Å². The van der Waals surface area contributed by atoms with Crippen molar-refractivity contribution in [3.05, 3.63) is 33.8 Å². The van der Waals surface area contributed by atoms with E-state index in [1.807, 2.05) is 18.2 Å². The molecule has 18 heavy (non-hydrogen) atoms. The van der Waals surface area contributed by atoms with Gasteiger partial charge >= 0.3 is 0 Å². The van der Waals surface area contributed by atoms with Crippen molar-refractivity contribution >= 4 is 23.2 Å². The number of piperazine rings is 1. The molecule has 0 bridgehead atoms. The van der Waals surface area contributed by atoms with Crippen molar-refractivity contribution < 1.29 is 0 Å². The Labute approximate surface area is 119 Å². The van der Waals surface area contributed by atoms with Gasteiger partial charge in [0.05, 0.1) is 0 Å². The molecule has 4 heteroatoms. The highest BCUT2D eigenvalue weighted by atomic mass is 35.5.